The first-order valence-electron chi connectivity index (χ1n) is 10.5. The lowest BCUT2D eigenvalue weighted by Crippen LogP contribution is -2.40. The number of fused-ring (bicyclic) bond motifs is 1. The maximum Gasteiger partial charge on any atom is 0.351 e. The maximum absolute atomic E-state index is 12.5. The van der Waals surface area contributed by atoms with Gasteiger partial charge in [0.15, 0.2) is 4.88 Å². The van der Waals surface area contributed by atoms with E-state index in [1.165, 1.54) is 25.4 Å². The Balaban J connectivity index is 1.67. The quantitative estimate of drug-likeness (QED) is 0.291. The van der Waals surface area contributed by atoms with Crippen molar-refractivity contribution in [3.8, 4) is 10.8 Å². The highest BCUT2D eigenvalue weighted by Crippen LogP contribution is 2.37. The minimum Gasteiger partial charge on any atom is -0.484 e. The number of amides is 2. The molecular formula is C24H21ClN4O5S. The van der Waals surface area contributed by atoms with Crippen molar-refractivity contribution in [3.63, 3.8) is 0 Å². The van der Waals surface area contributed by atoms with Crippen LogP contribution in [-0.2, 0) is 9.53 Å². The topological polar surface area (TPSA) is 112 Å². The molecule has 4 aromatic rings. The number of halogens is 1. The summed E-state index contributed by atoms with van der Waals surface area (Å²) >= 11 is 7.50. The number of aromatic nitrogens is 2. The van der Waals surface area contributed by atoms with Crippen LogP contribution in [0, 0.1) is 0 Å². The van der Waals surface area contributed by atoms with Gasteiger partial charge in [0.25, 0.3) is 5.91 Å². The maximum atomic E-state index is 12.5. The number of carbonyl (C=O) groups excluding carboxylic acids is 3. The minimum atomic E-state index is -0.524. The third-order valence-corrected chi connectivity index (χ3v) is 6.54. The van der Waals surface area contributed by atoms with Crippen molar-refractivity contribution in [2.24, 2.45) is 0 Å². The second-order valence-electron chi connectivity index (χ2n) is 7.50. The molecule has 0 aliphatic heterocycles. The molecule has 9 nitrogen and oxygen atoms in total. The summed E-state index contributed by atoms with van der Waals surface area (Å²) in [5.41, 5.74) is 6.95. The molecule has 1 atom stereocenters. The number of hydrazine groups is 1. The average Bonchev–Trinajstić information content (AvgIpc) is 3.45. The van der Waals surface area contributed by atoms with Gasteiger partial charge >= 0.3 is 5.97 Å². The molecule has 0 unspecified atom stereocenters. The van der Waals surface area contributed by atoms with E-state index in [0.29, 0.717) is 37.2 Å². The molecule has 2 aromatic heterocycles. The van der Waals surface area contributed by atoms with E-state index in [1.807, 2.05) is 25.1 Å². The molecule has 2 N–H and O–H groups in total. The molecule has 0 saturated heterocycles. The highest BCUT2D eigenvalue weighted by atomic mass is 35.5. The van der Waals surface area contributed by atoms with Crippen molar-refractivity contribution in [2.75, 3.05) is 7.11 Å². The normalized spacial score (nSPS) is 11.7. The third kappa shape index (κ3) is 5.13. The number of ether oxygens (including phenoxy) is 2. The fourth-order valence-corrected chi connectivity index (χ4v) is 4.69. The summed E-state index contributed by atoms with van der Waals surface area (Å²) in [5, 5.41) is 1.23. The predicted octanol–water partition coefficient (Wildman–Crippen LogP) is 4.45. The summed E-state index contributed by atoms with van der Waals surface area (Å²) in [6.07, 6.45) is 1.17. The van der Waals surface area contributed by atoms with Crippen LogP contribution in [0.25, 0.3) is 16.0 Å². The van der Waals surface area contributed by atoms with E-state index in [2.05, 4.69) is 15.8 Å². The number of nitrogens with one attached hydrogen (secondary N) is 2. The number of esters is 1. The number of thiophene rings is 1. The van der Waals surface area contributed by atoms with Gasteiger partial charge in [0, 0.05) is 29.1 Å². The monoisotopic (exact) mass is 512 g/mol. The second kappa shape index (κ2) is 10.2. The lowest BCUT2D eigenvalue weighted by molar-refractivity contribution is -0.119. The van der Waals surface area contributed by atoms with Crippen LogP contribution in [0.3, 0.4) is 0 Å². The number of hydrogen-bond acceptors (Lipinski definition) is 7. The fraction of sp³-hybridized carbons (Fsp3) is 0.167. The molecule has 2 heterocycles. The van der Waals surface area contributed by atoms with Gasteiger partial charge in [0.05, 0.1) is 18.1 Å². The predicted molar refractivity (Wildman–Crippen MR) is 132 cm³/mol. The zero-order valence-electron chi connectivity index (χ0n) is 19.0. The van der Waals surface area contributed by atoms with Crippen LogP contribution in [0.5, 0.6) is 5.75 Å². The summed E-state index contributed by atoms with van der Waals surface area (Å²) in [6.45, 7) is 3.14. The van der Waals surface area contributed by atoms with Gasteiger partial charge in [-0.25, -0.2) is 9.78 Å². The Morgan fingerprint density at radius 1 is 1.11 bits per heavy atom. The molecule has 0 aliphatic rings. The smallest absolute Gasteiger partial charge is 0.351 e. The van der Waals surface area contributed by atoms with Crippen LogP contribution < -0.4 is 15.6 Å². The van der Waals surface area contributed by atoms with E-state index < -0.39 is 18.0 Å². The first-order chi connectivity index (χ1) is 16.8. The van der Waals surface area contributed by atoms with E-state index in [1.54, 1.807) is 41.2 Å². The summed E-state index contributed by atoms with van der Waals surface area (Å²) in [5.74, 6) is -1.02. The molecular weight excluding hydrogens is 492 g/mol. The molecule has 0 fully saturated rings. The van der Waals surface area contributed by atoms with Gasteiger partial charge in [-0.1, -0.05) is 29.8 Å². The van der Waals surface area contributed by atoms with Gasteiger partial charge in [-0.15, -0.1) is 11.3 Å². The van der Waals surface area contributed by atoms with Crippen molar-refractivity contribution in [1.29, 1.82) is 0 Å². The second-order valence-corrected chi connectivity index (χ2v) is 8.94. The molecule has 0 aliphatic carbocycles. The Morgan fingerprint density at radius 3 is 2.60 bits per heavy atom. The summed E-state index contributed by atoms with van der Waals surface area (Å²) in [4.78, 5) is 40.4. The average molecular weight is 513 g/mol. The van der Waals surface area contributed by atoms with Gasteiger partial charge in [-0.2, -0.15) is 0 Å². The SMILES string of the molecule is COC(=O)c1sc(-n2cnc3cc(C(=O)NNC(C)=O)ccc32)cc1O[C@H](C)c1ccccc1Cl. The highest BCUT2D eigenvalue weighted by molar-refractivity contribution is 7.16. The molecule has 2 amide bonds. The molecule has 0 radical (unpaired) electrons. The molecule has 2 aromatic carbocycles. The van der Waals surface area contributed by atoms with Crippen LogP contribution in [0.2, 0.25) is 5.02 Å². The van der Waals surface area contributed by atoms with Crippen LogP contribution in [0.1, 0.15) is 45.5 Å². The number of imidazole rings is 1. The van der Waals surface area contributed by atoms with Crippen LogP contribution in [0.4, 0.5) is 0 Å². The number of nitrogens with zero attached hydrogens (tertiary/aromatic N) is 2. The molecule has 35 heavy (non-hydrogen) atoms. The lowest BCUT2D eigenvalue weighted by Gasteiger charge is -2.16. The first-order valence-corrected chi connectivity index (χ1v) is 11.7. The van der Waals surface area contributed by atoms with E-state index in [-0.39, 0.29) is 5.91 Å². The number of benzene rings is 2. The van der Waals surface area contributed by atoms with E-state index in [0.717, 1.165) is 5.56 Å². The van der Waals surface area contributed by atoms with Gasteiger partial charge in [0.2, 0.25) is 5.91 Å². The van der Waals surface area contributed by atoms with Gasteiger partial charge in [-0.3, -0.25) is 25.0 Å². The van der Waals surface area contributed by atoms with Crippen molar-refractivity contribution in [3.05, 3.63) is 75.9 Å². The first kappa shape index (κ1) is 24.2. The number of rotatable bonds is 6. The van der Waals surface area contributed by atoms with E-state index in [4.69, 9.17) is 21.1 Å². The van der Waals surface area contributed by atoms with Crippen LogP contribution >= 0.6 is 22.9 Å². The molecule has 11 heteroatoms. The van der Waals surface area contributed by atoms with Crippen molar-refractivity contribution >= 4 is 51.8 Å². The number of methoxy groups -OCH3 is 1. The lowest BCUT2D eigenvalue weighted by atomic mass is 10.1. The number of hydrogen-bond donors (Lipinski definition) is 2. The van der Waals surface area contributed by atoms with Crippen molar-refractivity contribution in [2.45, 2.75) is 20.0 Å². The summed E-state index contributed by atoms with van der Waals surface area (Å²) < 4.78 is 12.9. The van der Waals surface area contributed by atoms with Crippen LogP contribution in [-0.4, -0.2) is 34.4 Å². The van der Waals surface area contributed by atoms with Crippen molar-refractivity contribution in [1.82, 2.24) is 20.4 Å². The van der Waals surface area contributed by atoms with Crippen molar-refractivity contribution < 1.29 is 23.9 Å². The molecule has 0 saturated carbocycles. The zero-order valence-corrected chi connectivity index (χ0v) is 20.6. The fourth-order valence-electron chi connectivity index (χ4n) is 3.41. The standard InChI is InChI=1S/C24H21ClN4O5S/c1-13(16-6-4-5-7-17(16)25)34-20-11-21(35-22(20)24(32)33-3)29-12-26-18-10-15(8-9-19(18)29)23(31)28-27-14(2)30/h4-13H,1-3H3,(H,27,30)(H,28,31)/t13-/m1/s1. The highest BCUT2D eigenvalue weighted by Gasteiger charge is 2.23. The largest absolute Gasteiger partial charge is 0.484 e. The zero-order chi connectivity index (χ0) is 25.1. The Hall–Kier alpha value is -3.89. The van der Waals surface area contributed by atoms with Gasteiger partial charge in [0.1, 0.15) is 23.2 Å². The minimum absolute atomic E-state index is 0.301. The van der Waals surface area contributed by atoms with Gasteiger partial charge < -0.3 is 9.47 Å². The summed E-state index contributed by atoms with van der Waals surface area (Å²) in [6, 6.07) is 14.0. The number of carbonyl (C=O) groups is 3. The molecule has 0 bridgehead atoms. The molecule has 0 spiro atoms. The Morgan fingerprint density at radius 2 is 1.89 bits per heavy atom. The Labute approximate surface area is 209 Å². The molecule has 180 valence electrons. The summed E-state index contributed by atoms with van der Waals surface area (Å²) in [7, 11) is 1.31. The van der Waals surface area contributed by atoms with Gasteiger partial charge in [-0.05, 0) is 31.2 Å². The van der Waals surface area contributed by atoms with E-state index >= 15 is 0 Å². The molecule has 4 rings (SSSR count). The Bertz CT molecular complexity index is 1430. The third-order valence-electron chi connectivity index (χ3n) is 5.10. The van der Waals surface area contributed by atoms with Crippen LogP contribution in [0.15, 0.2) is 54.9 Å². The Kier molecular flexibility index (Phi) is 7.04. The van der Waals surface area contributed by atoms with E-state index in [9.17, 15) is 14.4 Å².